The molecule has 0 bridgehead atoms. The van der Waals surface area contributed by atoms with Crippen molar-refractivity contribution >= 4 is 16.9 Å². The number of halogens is 1. The van der Waals surface area contributed by atoms with Gasteiger partial charge in [-0.25, -0.2) is 4.39 Å². The van der Waals surface area contributed by atoms with Crippen molar-refractivity contribution in [1.29, 1.82) is 0 Å². The lowest BCUT2D eigenvalue weighted by molar-refractivity contribution is 0.0950. The van der Waals surface area contributed by atoms with E-state index in [-0.39, 0.29) is 34.8 Å². The summed E-state index contributed by atoms with van der Waals surface area (Å²) in [5, 5.41) is 3.07. The Morgan fingerprint density at radius 1 is 1.07 bits per heavy atom. The summed E-state index contributed by atoms with van der Waals surface area (Å²) in [4.78, 5) is 25.9. The number of carbonyl (C=O) groups excluding carboxylic acids is 1. The third kappa shape index (κ3) is 3.82. The highest BCUT2D eigenvalue weighted by atomic mass is 19.1. The van der Waals surface area contributed by atoms with Crippen molar-refractivity contribution in [2.75, 3.05) is 0 Å². The molecule has 6 heteroatoms. The smallest absolute Gasteiger partial charge is 0.262 e. The average Bonchev–Trinajstić information content (AvgIpc) is 3.06. The Kier molecular flexibility index (Phi) is 4.99. The van der Waals surface area contributed by atoms with E-state index in [9.17, 15) is 14.0 Å². The Morgan fingerprint density at radius 3 is 2.59 bits per heavy atom. The molecule has 0 aliphatic heterocycles. The molecule has 0 unspecified atom stereocenters. The summed E-state index contributed by atoms with van der Waals surface area (Å²) < 4.78 is 20.6. The van der Waals surface area contributed by atoms with Crippen LogP contribution in [0.1, 0.15) is 27.2 Å². The van der Waals surface area contributed by atoms with Gasteiger partial charge in [0.25, 0.3) is 11.5 Å². The number of carbonyl (C=O) groups is 1. The Balaban J connectivity index is 1.68. The number of nitrogens with zero attached hydrogens (tertiary/aromatic N) is 1. The van der Waals surface area contributed by atoms with Gasteiger partial charge < -0.3 is 14.3 Å². The van der Waals surface area contributed by atoms with Crippen LogP contribution in [-0.2, 0) is 13.1 Å². The molecule has 29 heavy (non-hydrogen) atoms. The summed E-state index contributed by atoms with van der Waals surface area (Å²) in [6.07, 6.45) is 1.59. The fraction of sp³-hybridized carbons (Fsp3) is 0.130. The Bertz CT molecular complexity index is 1240. The number of aromatic nitrogens is 1. The first-order chi connectivity index (χ1) is 14.0. The molecule has 4 aromatic rings. The molecule has 0 spiro atoms. The van der Waals surface area contributed by atoms with Crippen LogP contribution < -0.4 is 10.9 Å². The minimum Gasteiger partial charge on any atom is -0.460 e. The molecule has 1 N–H and O–H groups in total. The van der Waals surface area contributed by atoms with Crippen LogP contribution in [0.15, 0.2) is 76.1 Å². The van der Waals surface area contributed by atoms with E-state index in [1.165, 1.54) is 16.7 Å². The molecule has 0 saturated carbocycles. The van der Waals surface area contributed by atoms with Crippen LogP contribution in [0.25, 0.3) is 11.0 Å². The summed E-state index contributed by atoms with van der Waals surface area (Å²) >= 11 is 0. The normalized spacial score (nSPS) is 11.0. The monoisotopic (exact) mass is 390 g/mol. The maximum absolute atomic E-state index is 13.5. The number of pyridine rings is 1. The zero-order valence-electron chi connectivity index (χ0n) is 15.8. The van der Waals surface area contributed by atoms with Gasteiger partial charge in [0.05, 0.1) is 17.5 Å². The van der Waals surface area contributed by atoms with Crippen molar-refractivity contribution in [2.45, 2.75) is 20.0 Å². The second-order valence-corrected chi connectivity index (χ2v) is 6.82. The molecule has 2 aromatic heterocycles. The van der Waals surface area contributed by atoms with Crippen LogP contribution in [0, 0.1) is 12.7 Å². The summed E-state index contributed by atoms with van der Waals surface area (Å²) in [7, 11) is 0. The molecule has 146 valence electrons. The van der Waals surface area contributed by atoms with Crippen molar-refractivity contribution in [1.82, 2.24) is 9.88 Å². The van der Waals surface area contributed by atoms with Crippen LogP contribution >= 0.6 is 0 Å². The molecule has 0 atom stereocenters. The summed E-state index contributed by atoms with van der Waals surface area (Å²) in [5.41, 5.74) is 1.84. The molecule has 2 heterocycles. The van der Waals surface area contributed by atoms with E-state index in [1.807, 2.05) is 30.3 Å². The Morgan fingerprint density at radius 2 is 1.83 bits per heavy atom. The van der Waals surface area contributed by atoms with Gasteiger partial charge in [0, 0.05) is 12.7 Å². The van der Waals surface area contributed by atoms with Crippen molar-refractivity contribution in [3.8, 4) is 0 Å². The van der Waals surface area contributed by atoms with Crippen LogP contribution in [0.3, 0.4) is 0 Å². The first-order valence-corrected chi connectivity index (χ1v) is 9.22. The molecule has 0 fully saturated rings. The third-order valence-corrected chi connectivity index (χ3v) is 4.76. The van der Waals surface area contributed by atoms with Crippen molar-refractivity contribution in [2.24, 2.45) is 0 Å². The Labute approximate surface area is 166 Å². The lowest BCUT2D eigenvalue weighted by Crippen LogP contribution is -2.26. The minimum absolute atomic E-state index is 0.196. The first kappa shape index (κ1) is 18.7. The summed E-state index contributed by atoms with van der Waals surface area (Å²) in [5.74, 6) is -0.353. The SMILES string of the molecule is Cc1oc2ccn(Cc3cccc(F)c3)c(=O)c2c1C(=O)NCc1ccccc1. The highest BCUT2D eigenvalue weighted by Crippen LogP contribution is 2.22. The lowest BCUT2D eigenvalue weighted by atomic mass is 10.1. The van der Waals surface area contributed by atoms with Crippen LogP contribution in [-0.4, -0.2) is 10.5 Å². The molecular weight excluding hydrogens is 371 g/mol. The van der Waals surface area contributed by atoms with E-state index in [2.05, 4.69) is 5.32 Å². The van der Waals surface area contributed by atoms with Crippen LogP contribution in [0.2, 0.25) is 0 Å². The van der Waals surface area contributed by atoms with Gasteiger partial charge in [0.1, 0.15) is 17.2 Å². The van der Waals surface area contributed by atoms with Crippen molar-refractivity contribution in [3.63, 3.8) is 0 Å². The van der Waals surface area contributed by atoms with Gasteiger partial charge in [0.15, 0.2) is 0 Å². The first-order valence-electron chi connectivity index (χ1n) is 9.22. The van der Waals surface area contributed by atoms with E-state index in [4.69, 9.17) is 4.42 Å². The van der Waals surface area contributed by atoms with E-state index in [0.29, 0.717) is 23.5 Å². The fourth-order valence-electron chi connectivity index (χ4n) is 3.36. The van der Waals surface area contributed by atoms with Gasteiger partial charge in [-0.05, 0) is 36.2 Å². The topological polar surface area (TPSA) is 64.2 Å². The molecule has 0 radical (unpaired) electrons. The molecule has 0 aliphatic rings. The molecule has 2 aromatic carbocycles. The standard InChI is InChI=1S/C23H19FN2O3/c1-15-20(22(27)25-13-16-6-3-2-4-7-16)21-19(29-15)10-11-26(23(21)28)14-17-8-5-9-18(24)12-17/h2-12H,13-14H2,1H3,(H,25,27). The van der Waals surface area contributed by atoms with Crippen LogP contribution in [0.4, 0.5) is 4.39 Å². The van der Waals surface area contributed by atoms with Gasteiger partial charge in [0.2, 0.25) is 0 Å². The van der Waals surface area contributed by atoms with Crippen LogP contribution in [0.5, 0.6) is 0 Å². The number of fused-ring (bicyclic) bond motifs is 1. The molecule has 1 amide bonds. The van der Waals surface area contributed by atoms with E-state index >= 15 is 0 Å². The molecule has 4 rings (SSSR count). The zero-order valence-corrected chi connectivity index (χ0v) is 15.8. The second-order valence-electron chi connectivity index (χ2n) is 6.82. The summed E-state index contributed by atoms with van der Waals surface area (Å²) in [6, 6.07) is 17.2. The van der Waals surface area contributed by atoms with Gasteiger partial charge in [-0.1, -0.05) is 42.5 Å². The zero-order chi connectivity index (χ0) is 20.4. The molecule has 5 nitrogen and oxygen atoms in total. The number of hydrogen-bond donors (Lipinski definition) is 1. The fourth-order valence-corrected chi connectivity index (χ4v) is 3.36. The maximum Gasteiger partial charge on any atom is 0.262 e. The lowest BCUT2D eigenvalue weighted by Gasteiger charge is -2.07. The van der Waals surface area contributed by atoms with E-state index in [1.54, 1.807) is 31.3 Å². The number of aryl methyl sites for hydroxylation is 1. The van der Waals surface area contributed by atoms with Gasteiger partial charge in [-0.15, -0.1) is 0 Å². The number of nitrogens with one attached hydrogen (secondary N) is 1. The predicted octanol–water partition coefficient (Wildman–Crippen LogP) is 4.02. The number of amides is 1. The van der Waals surface area contributed by atoms with Gasteiger partial charge in [-0.3, -0.25) is 9.59 Å². The maximum atomic E-state index is 13.5. The average molecular weight is 390 g/mol. The van der Waals surface area contributed by atoms with Crippen molar-refractivity contribution in [3.05, 3.63) is 105 Å². The number of rotatable bonds is 5. The highest BCUT2D eigenvalue weighted by molar-refractivity contribution is 6.06. The number of furan rings is 1. The van der Waals surface area contributed by atoms with Gasteiger partial charge in [-0.2, -0.15) is 0 Å². The second kappa shape index (κ2) is 7.75. The Hall–Kier alpha value is -3.67. The van der Waals surface area contributed by atoms with E-state index in [0.717, 1.165) is 5.56 Å². The van der Waals surface area contributed by atoms with Gasteiger partial charge >= 0.3 is 0 Å². The van der Waals surface area contributed by atoms with Crippen molar-refractivity contribution < 1.29 is 13.6 Å². The number of benzene rings is 2. The predicted molar refractivity (Wildman–Crippen MR) is 108 cm³/mol. The molecule has 0 saturated heterocycles. The minimum atomic E-state index is -0.370. The molecule has 0 aliphatic carbocycles. The third-order valence-electron chi connectivity index (χ3n) is 4.76. The highest BCUT2D eigenvalue weighted by Gasteiger charge is 2.21. The van der Waals surface area contributed by atoms with E-state index < -0.39 is 0 Å². The number of hydrogen-bond acceptors (Lipinski definition) is 3. The largest absolute Gasteiger partial charge is 0.460 e. The quantitative estimate of drug-likeness (QED) is 0.560. The summed E-state index contributed by atoms with van der Waals surface area (Å²) in [6.45, 7) is 2.20. The molecular formula is C23H19FN2O3.